The third-order valence-corrected chi connectivity index (χ3v) is 8.29. The predicted octanol–water partition coefficient (Wildman–Crippen LogP) is 9.46. The number of benzene rings is 4. The summed E-state index contributed by atoms with van der Waals surface area (Å²) in [7, 11) is 0. The van der Waals surface area contributed by atoms with E-state index in [0.717, 1.165) is 55.2 Å². The molecular formula is C38H27N5O. The summed E-state index contributed by atoms with van der Waals surface area (Å²) in [5, 5.41) is 14.5. The van der Waals surface area contributed by atoms with Crippen LogP contribution in [0.25, 0.3) is 55.2 Å². The maximum Gasteiger partial charge on any atom is 0.221 e. The van der Waals surface area contributed by atoms with Crippen LogP contribution in [0.3, 0.4) is 0 Å². The van der Waals surface area contributed by atoms with Crippen molar-refractivity contribution in [2.45, 2.75) is 19.8 Å². The van der Waals surface area contributed by atoms with Gasteiger partial charge in [-0.15, -0.1) is 0 Å². The molecule has 0 amide bonds. The minimum absolute atomic E-state index is 0.388. The van der Waals surface area contributed by atoms with Crippen LogP contribution in [0.15, 0.2) is 121 Å². The summed E-state index contributed by atoms with van der Waals surface area (Å²) in [4.78, 5) is 9.76. The molecule has 4 aromatic heterocycles. The zero-order chi connectivity index (χ0) is 29.8. The third kappa shape index (κ3) is 4.02. The molecule has 210 valence electrons. The number of ether oxygens (including phenoxy) is 1. The van der Waals surface area contributed by atoms with Gasteiger partial charge in [0.25, 0.3) is 0 Å². The normalized spacial score (nSPS) is 11.6. The summed E-state index contributed by atoms with van der Waals surface area (Å²) in [6.45, 7) is 4.32. The predicted molar refractivity (Wildman–Crippen MR) is 176 cm³/mol. The minimum Gasteiger partial charge on any atom is -0.437 e. The van der Waals surface area contributed by atoms with E-state index in [1.807, 2.05) is 60.8 Å². The Labute approximate surface area is 254 Å². The van der Waals surface area contributed by atoms with Crippen LogP contribution in [0.1, 0.15) is 30.9 Å². The van der Waals surface area contributed by atoms with E-state index < -0.39 is 0 Å². The van der Waals surface area contributed by atoms with E-state index in [1.165, 1.54) is 5.56 Å². The molecule has 0 atom stereocenters. The zero-order valence-corrected chi connectivity index (χ0v) is 24.3. The lowest BCUT2D eigenvalue weighted by molar-refractivity contribution is 0.461. The molecule has 0 radical (unpaired) electrons. The Bertz CT molecular complexity index is 2350. The van der Waals surface area contributed by atoms with E-state index >= 15 is 0 Å². The van der Waals surface area contributed by atoms with Gasteiger partial charge in [-0.25, -0.2) is 4.98 Å². The average molecular weight is 570 g/mol. The maximum absolute atomic E-state index is 10.2. The molecule has 0 aliphatic carbocycles. The summed E-state index contributed by atoms with van der Waals surface area (Å²) in [6, 6.07) is 40.9. The molecule has 8 aromatic rings. The Morgan fingerprint density at radius 1 is 0.636 bits per heavy atom. The van der Waals surface area contributed by atoms with E-state index in [-0.39, 0.29) is 0 Å². The number of pyridine rings is 2. The maximum atomic E-state index is 10.2. The average Bonchev–Trinajstić information content (AvgIpc) is 3.57. The van der Waals surface area contributed by atoms with Crippen molar-refractivity contribution in [1.29, 1.82) is 5.26 Å². The molecular weight excluding hydrogens is 542 g/mol. The van der Waals surface area contributed by atoms with Crippen LogP contribution in [0.2, 0.25) is 0 Å². The molecule has 44 heavy (non-hydrogen) atoms. The highest BCUT2D eigenvalue weighted by Gasteiger charge is 2.18. The molecule has 6 heteroatoms. The standard InChI is InChI=1S/C38H27N5O/c1-24(2)25-18-19-36(40-23-25)43-33-15-8-5-12-29(33)30-20-26(22-39)35(21-34(30)43)44-38-17-9-16-37(41-38)42-31-13-6-3-10-27(31)28-11-4-7-14-32(28)42/h3-21,23-24H,1-2H3. The van der Waals surface area contributed by atoms with E-state index in [2.05, 4.69) is 89.7 Å². The largest absolute Gasteiger partial charge is 0.437 e. The van der Waals surface area contributed by atoms with Gasteiger partial charge in [0.15, 0.2) is 0 Å². The van der Waals surface area contributed by atoms with Crippen LogP contribution in [-0.4, -0.2) is 19.1 Å². The van der Waals surface area contributed by atoms with Gasteiger partial charge in [0.05, 0.1) is 27.6 Å². The summed E-state index contributed by atoms with van der Waals surface area (Å²) in [5.41, 5.74) is 5.67. The molecule has 0 saturated heterocycles. The van der Waals surface area contributed by atoms with Gasteiger partial charge in [-0.3, -0.25) is 9.13 Å². The summed E-state index contributed by atoms with van der Waals surface area (Å²) >= 11 is 0. The van der Waals surface area contributed by atoms with Crippen LogP contribution < -0.4 is 4.74 Å². The monoisotopic (exact) mass is 569 g/mol. The van der Waals surface area contributed by atoms with Gasteiger partial charge < -0.3 is 4.74 Å². The number of nitriles is 1. The zero-order valence-electron chi connectivity index (χ0n) is 24.3. The molecule has 0 fully saturated rings. The Morgan fingerprint density at radius 2 is 1.25 bits per heavy atom. The third-order valence-electron chi connectivity index (χ3n) is 8.29. The molecule has 0 unspecified atom stereocenters. The first-order chi connectivity index (χ1) is 21.6. The van der Waals surface area contributed by atoms with Gasteiger partial charge in [0.1, 0.15) is 23.5 Å². The second-order valence-corrected chi connectivity index (χ2v) is 11.2. The number of rotatable bonds is 5. The molecule has 4 heterocycles. The highest BCUT2D eigenvalue weighted by molar-refractivity contribution is 6.10. The molecule has 0 spiro atoms. The van der Waals surface area contributed by atoms with E-state index in [1.54, 1.807) is 0 Å². The fourth-order valence-electron chi connectivity index (χ4n) is 6.15. The summed E-state index contributed by atoms with van der Waals surface area (Å²) in [5.74, 6) is 2.78. The van der Waals surface area contributed by atoms with Gasteiger partial charge in [-0.05, 0) is 47.9 Å². The highest BCUT2D eigenvalue weighted by atomic mass is 16.5. The lowest BCUT2D eigenvalue weighted by Gasteiger charge is -2.12. The van der Waals surface area contributed by atoms with Crippen LogP contribution in [-0.2, 0) is 0 Å². The molecule has 8 rings (SSSR count). The first kappa shape index (κ1) is 25.8. The summed E-state index contributed by atoms with van der Waals surface area (Å²) < 4.78 is 10.7. The Balaban J connectivity index is 1.28. The van der Waals surface area contributed by atoms with Crippen molar-refractivity contribution < 1.29 is 4.74 Å². The topological polar surface area (TPSA) is 68.7 Å². The van der Waals surface area contributed by atoms with E-state index in [9.17, 15) is 5.26 Å². The Hall–Kier alpha value is -5.93. The Morgan fingerprint density at radius 3 is 1.84 bits per heavy atom. The van der Waals surface area contributed by atoms with Gasteiger partial charge >= 0.3 is 0 Å². The van der Waals surface area contributed by atoms with Gasteiger partial charge in [0, 0.05) is 39.9 Å². The SMILES string of the molecule is CC(C)c1ccc(-n2c3ccccc3c3cc(C#N)c(Oc4cccc(-n5c6ccccc6c6ccccc65)n4)cc32)nc1. The molecule has 0 aliphatic rings. The fraction of sp³-hybridized carbons (Fsp3) is 0.0789. The van der Waals surface area contributed by atoms with Crippen molar-refractivity contribution in [3.63, 3.8) is 0 Å². The quantitative estimate of drug-likeness (QED) is 0.207. The first-order valence-corrected chi connectivity index (χ1v) is 14.7. The number of para-hydroxylation sites is 3. The minimum atomic E-state index is 0.388. The van der Waals surface area contributed by atoms with Crippen molar-refractivity contribution in [3.8, 4) is 29.3 Å². The van der Waals surface area contributed by atoms with Crippen LogP contribution in [0.5, 0.6) is 11.6 Å². The van der Waals surface area contributed by atoms with Gasteiger partial charge in [-0.1, -0.05) is 80.6 Å². The number of hydrogen-bond donors (Lipinski definition) is 0. The molecule has 0 aliphatic heterocycles. The Kier molecular flexibility index (Phi) is 5.92. The molecule has 0 N–H and O–H groups in total. The number of fused-ring (bicyclic) bond motifs is 6. The first-order valence-electron chi connectivity index (χ1n) is 14.7. The van der Waals surface area contributed by atoms with E-state index in [4.69, 9.17) is 14.7 Å². The second kappa shape index (κ2) is 10.1. The van der Waals surface area contributed by atoms with Crippen molar-refractivity contribution in [2.24, 2.45) is 0 Å². The van der Waals surface area contributed by atoms with Crippen molar-refractivity contribution in [2.75, 3.05) is 0 Å². The highest BCUT2D eigenvalue weighted by Crippen LogP contribution is 2.37. The van der Waals surface area contributed by atoms with Crippen LogP contribution >= 0.6 is 0 Å². The lowest BCUT2D eigenvalue weighted by atomic mass is 10.1. The second-order valence-electron chi connectivity index (χ2n) is 11.2. The number of hydrogen-bond acceptors (Lipinski definition) is 4. The molecule has 4 aromatic carbocycles. The van der Waals surface area contributed by atoms with Gasteiger partial charge in [0.2, 0.25) is 5.88 Å². The van der Waals surface area contributed by atoms with Crippen LogP contribution in [0.4, 0.5) is 0 Å². The molecule has 6 nitrogen and oxygen atoms in total. The molecule has 0 bridgehead atoms. The van der Waals surface area contributed by atoms with Gasteiger partial charge in [-0.2, -0.15) is 10.2 Å². The number of nitrogens with zero attached hydrogens (tertiary/aromatic N) is 5. The van der Waals surface area contributed by atoms with Crippen LogP contribution in [0, 0.1) is 11.3 Å². The number of aromatic nitrogens is 4. The molecule has 0 saturated carbocycles. The summed E-state index contributed by atoms with van der Waals surface area (Å²) in [6.07, 6.45) is 1.94. The van der Waals surface area contributed by atoms with Crippen molar-refractivity contribution in [1.82, 2.24) is 19.1 Å². The van der Waals surface area contributed by atoms with E-state index in [0.29, 0.717) is 23.1 Å². The smallest absolute Gasteiger partial charge is 0.221 e. The van der Waals surface area contributed by atoms with Crippen molar-refractivity contribution >= 4 is 43.6 Å². The fourth-order valence-corrected chi connectivity index (χ4v) is 6.15. The lowest BCUT2D eigenvalue weighted by Crippen LogP contribution is -2.00. The van der Waals surface area contributed by atoms with Crippen molar-refractivity contribution in [3.05, 3.63) is 133 Å².